The SMILES string of the molecule is CC(NC(=O)CSc1nnc(CN2CCOCC2)n1-c1ccc(Cl)cc1)c1ccccc1. The molecule has 1 fully saturated rings. The monoisotopic (exact) mass is 471 g/mol. The van der Waals surface area contributed by atoms with Crippen LogP contribution in [0.5, 0.6) is 0 Å². The number of ether oxygens (including phenoxy) is 1. The molecule has 1 N–H and O–H groups in total. The van der Waals surface area contributed by atoms with Crippen molar-refractivity contribution in [3.63, 3.8) is 0 Å². The fraction of sp³-hybridized carbons (Fsp3) is 0.348. The summed E-state index contributed by atoms with van der Waals surface area (Å²) < 4.78 is 7.46. The number of carbonyl (C=O) groups is 1. The van der Waals surface area contributed by atoms with E-state index in [1.807, 2.05) is 66.1 Å². The lowest BCUT2D eigenvalue weighted by atomic mass is 10.1. The summed E-state index contributed by atoms with van der Waals surface area (Å²) in [6.07, 6.45) is 0. The van der Waals surface area contributed by atoms with Crippen LogP contribution in [-0.4, -0.2) is 57.6 Å². The van der Waals surface area contributed by atoms with Gasteiger partial charge >= 0.3 is 0 Å². The average Bonchev–Trinajstić information content (AvgIpc) is 3.21. The lowest BCUT2D eigenvalue weighted by Gasteiger charge is -2.26. The van der Waals surface area contributed by atoms with Crippen LogP contribution in [0.15, 0.2) is 59.8 Å². The summed E-state index contributed by atoms with van der Waals surface area (Å²) >= 11 is 7.46. The zero-order valence-corrected chi connectivity index (χ0v) is 19.5. The number of thioether (sulfide) groups is 1. The molecule has 9 heteroatoms. The molecular weight excluding hydrogens is 446 g/mol. The Hall–Kier alpha value is -2.39. The molecule has 4 rings (SSSR count). The van der Waals surface area contributed by atoms with Crippen LogP contribution in [0.4, 0.5) is 0 Å². The molecule has 7 nitrogen and oxygen atoms in total. The van der Waals surface area contributed by atoms with Crippen molar-refractivity contribution < 1.29 is 9.53 Å². The highest BCUT2D eigenvalue weighted by molar-refractivity contribution is 7.99. The van der Waals surface area contributed by atoms with E-state index in [1.165, 1.54) is 11.8 Å². The van der Waals surface area contributed by atoms with Crippen LogP contribution in [0.3, 0.4) is 0 Å². The molecule has 0 bridgehead atoms. The first-order chi connectivity index (χ1) is 15.6. The lowest BCUT2D eigenvalue weighted by molar-refractivity contribution is -0.119. The number of nitrogens with zero attached hydrogens (tertiary/aromatic N) is 4. The molecule has 0 radical (unpaired) electrons. The fourth-order valence-corrected chi connectivity index (χ4v) is 4.45. The van der Waals surface area contributed by atoms with Gasteiger partial charge in [-0.15, -0.1) is 10.2 Å². The number of amides is 1. The lowest BCUT2D eigenvalue weighted by Crippen LogP contribution is -2.36. The molecule has 1 aliphatic heterocycles. The van der Waals surface area contributed by atoms with Gasteiger partial charge in [0.2, 0.25) is 5.91 Å². The largest absolute Gasteiger partial charge is 0.379 e. The van der Waals surface area contributed by atoms with Gasteiger partial charge < -0.3 is 10.1 Å². The quantitative estimate of drug-likeness (QED) is 0.505. The van der Waals surface area contributed by atoms with Crippen LogP contribution >= 0.6 is 23.4 Å². The zero-order chi connectivity index (χ0) is 22.3. The van der Waals surface area contributed by atoms with E-state index in [-0.39, 0.29) is 17.7 Å². The number of carbonyl (C=O) groups excluding carboxylic acids is 1. The molecule has 0 spiro atoms. The molecule has 1 saturated heterocycles. The molecule has 1 aliphatic rings. The van der Waals surface area contributed by atoms with Crippen LogP contribution in [-0.2, 0) is 16.1 Å². The van der Waals surface area contributed by atoms with Gasteiger partial charge in [-0.25, -0.2) is 0 Å². The number of hydrogen-bond acceptors (Lipinski definition) is 6. The summed E-state index contributed by atoms with van der Waals surface area (Å²) in [4.78, 5) is 14.9. The van der Waals surface area contributed by atoms with E-state index in [4.69, 9.17) is 16.3 Å². The third kappa shape index (κ3) is 5.89. The summed E-state index contributed by atoms with van der Waals surface area (Å²) in [6, 6.07) is 17.4. The van der Waals surface area contributed by atoms with E-state index in [2.05, 4.69) is 20.4 Å². The Morgan fingerprint density at radius 1 is 1.12 bits per heavy atom. The second-order valence-electron chi connectivity index (χ2n) is 7.59. The van der Waals surface area contributed by atoms with Gasteiger partial charge in [-0.3, -0.25) is 14.3 Å². The van der Waals surface area contributed by atoms with E-state index >= 15 is 0 Å². The summed E-state index contributed by atoms with van der Waals surface area (Å²) in [5.74, 6) is 1.03. The molecule has 2 heterocycles. The normalized spacial score (nSPS) is 15.4. The van der Waals surface area contributed by atoms with Gasteiger partial charge in [0.25, 0.3) is 0 Å². The number of morpholine rings is 1. The predicted octanol–water partition coefficient (Wildman–Crippen LogP) is 3.72. The first kappa shape index (κ1) is 22.8. The van der Waals surface area contributed by atoms with Crippen LogP contribution in [0.2, 0.25) is 5.02 Å². The Morgan fingerprint density at radius 2 is 1.84 bits per heavy atom. The minimum Gasteiger partial charge on any atom is -0.379 e. The van der Waals surface area contributed by atoms with Gasteiger partial charge in [0.05, 0.1) is 31.6 Å². The van der Waals surface area contributed by atoms with Crippen molar-refractivity contribution in [3.05, 3.63) is 71.0 Å². The van der Waals surface area contributed by atoms with Crippen molar-refractivity contribution in [2.45, 2.75) is 24.7 Å². The maximum absolute atomic E-state index is 12.6. The van der Waals surface area contributed by atoms with Gasteiger partial charge in [0.15, 0.2) is 11.0 Å². The van der Waals surface area contributed by atoms with Crippen LogP contribution in [0.25, 0.3) is 5.69 Å². The topological polar surface area (TPSA) is 72.3 Å². The summed E-state index contributed by atoms with van der Waals surface area (Å²) in [5.41, 5.74) is 1.99. The molecule has 0 aliphatic carbocycles. The number of rotatable bonds is 8. The minimum absolute atomic E-state index is 0.0493. The summed E-state index contributed by atoms with van der Waals surface area (Å²) in [6.45, 7) is 5.80. The van der Waals surface area contributed by atoms with Crippen LogP contribution < -0.4 is 5.32 Å². The number of hydrogen-bond donors (Lipinski definition) is 1. The average molecular weight is 472 g/mol. The Morgan fingerprint density at radius 3 is 2.56 bits per heavy atom. The number of benzene rings is 2. The third-order valence-corrected chi connectivity index (χ3v) is 6.44. The molecule has 1 aromatic heterocycles. The van der Waals surface area contributed by atoms with Crippen molar-refractivity contribution in [1.29, 1.82) is 0 Å². The molecule has 3 aromatic rings. The van der Waals surface area contributed by atoms with Crippen molar-refractivity contribution in [2.75, 3.05) is 32.1 Å². The Labute approximate surface area is 197 Å². The summed E-state index contributed by atoms with van der Waals surface area (Å²) in [5, 5.41) is 13.2. The maximum Gasteiger partial charge on any atom is 0.230 e. The van der Waals surface area contributed by atoms with Gasteiger partial charge in [-0.2, -0.15) is 0 Å². The van der Waals surface area contributed by atoms with Gasteiger partial charge in [0, 0.05) is 23.8 Å². The van der Waals surface area contributed by atoms with Gasteiger partial charge in [0.1, 0.15) is 0 Å². The first-order valence-electron chi connectivity index (χ1n) is 10.6. The highest BCUT2D eigenvalue weighted by Crippen LogP contribution is 2.24. The summed E-state index contributed by atoms with van der Waals surface area (Å²) in [7, 11) is 0. The Kier molecular flexibility index (Phi) is 7.81. The third-order valence-electron chi connectivity index (χ3n) is 5.26. The first-order valence-corrected chi connectivity index (χ1v) is 11.9. The maximum atomic E-state index is 12.6. The molecule has 0 saturated carbocycles. The van der Waals surface area contributed by atoms with Gasteiger partial charge in [-0.05, 0) is 36.8 Å². The number of aromatic nitrogens is 3. The van der Waals surface area contributed by atoms with E-state index in [9.17, 15) is 4.79 Å². The standard InChI is InChI=1S/C23H26ClN5O2S/c1-17(18-5-3-2-4-6-18)25-22(30)16-32-23-27-26-21(15-28-11-13-31-14-12-28)29(23)20-9-7-19(24)8-10-20/h2-10,17H,11-16H2,1H3,(H,25,30). The number of nitrogens with one attached hydrogen (secondary N) is 1. The van der Waals surface area contributed by atoms with E-state index < -0.39 is 0 Å². The Balaban J connectivity index is 1.47. The zero-order valence-electron chi connectivity index (χ0n) is 17.9. The van der Waals surface area contributed by atoms with Crippen molar-refractivity contribution >= 4 is 29.3 Å². The van der Waals surface area contributed by atoms with E-state index in [0.29, 0.717) is 16.7 Å². The second kappa shape index (κ2) is 11.0. The smallest absolute Gasteiger partial charge is 0.230 e. The van der Waals surface area contributed by atoms with Crippen molar-refractivity contribution in [1.82, 2.24) is 25.0 Å². The Bertz CT molecular complexity index is 1020. The van der Waals surface area contributed by atoms with Crippen molar-refractivity contribution in [2.24, 2.45) is 0 Å². The molecule has 168 valence electrons. The highest BCUT2D eigenvalue weighted by atomic mass is 35.5. The molecule has 1 atom stereocenters. The molecule has 1 amide bonds. The molecule has 1 unspecified atom stereocenters. The van der Waals surface area contributed by atoms with Crippen LogP contribution in [0.1, 0.15) is 24.4 Å². The molecule has 2 aromatic carbocycles. The van der Waals surface area contributed by atoms with Crippen LogP contribution in [0, 0.1) is 0 Å². The molecular formula is C23H26ClN5O2S. The second-order valence-corrected chi connectivity index (χ2v) is 8.97. The van der Waals surface area contributed by atoms with Crippen molar-refractivity contribution in [3.8, 4) is 5.69 Å². The minimum atomic E-state index is -0.0599. The fourth-order valence-electron chi connectivity index (χ4n) is 3.54. The van der Waals surface area contributed by atoms with Gasteiger partial charge in [-0.1, -0.05) is 53.7 Å². The number of halogens is 1. The predicted molar refractivity (Wildman–Crippen MR) is 126 cm³/mol. The van der Waals surface area contributed by atoms with E-state index in [0.717, 1.165) is 43.4 Å². The molecule has 32 heavy (non-hydrogen) atoms. The highest BCUT2D eigenvalue weighted by Gasteiger charge is 2.20. The van der Waals surface area contributed by atoms with E-state index in [1.54, 1.807) is 0 Å².